The van der Waals surface area contributed by atoms with Crippen LogP contribution in [0.2, 0.25) is 0 Å². The van der Waals surface area contributed by atoms with E-state index >= 15 is 0 Å². The summed E-state index contributed by atoms with van der Waals surface area (Å²) in [5.74, 6) is -0.598. The van der Waals surface area contributed by atoms with Crippen molar-refractivity contribution in [1.29, 1.82) is 5.26 Å². The summed E-state index contributed by atoms with van der Waals surface area (Å²) in [5.41, 5.74) is -0.717. The van der Waals surface area contributed by atoms with E-state index in [-0.39, 0.29) is 30.3 Å². The third-order valence-corrected chi connectivity index (χ3v) is 4.14. The minimum atomic E-state index is -0.717. The number of amides is 2. The summed E-state index contributed by atoms with van der Waals surface area (Å²) >= 11 is 0. The number of imide groups is 1. The molecule has 98 valence electrons. The predicted octanol–water partition coefficient (Wildman–Crippen LogP) is 0.806. The smallest absolute Gasteiger partial charge is 0.246 e. The molecule has 0 bridgehead atoms. The zero-order valence-electron chi connectivity index (χ0n) is 10.9. The number of piperazine rings is 1. The first-order chi connectivity index (χ1) is 8.46. The number of rotatable bonds is 1. The maximum atomic E-state index is 11.9. The molecule has 5 heteroatoms. The summed E-state index contributed by atoms with van der Waals surface area (Å²) in [6.45, 7) is 3.84. The number of nitrogens with zero attached hydrogens (tertiary/aromatic N) is 2. The summed E-state index contributed by atoms with van der Waals surface area (Å²) in [5, 5.41) is 11.6. The highest BCUT2D eigenvalue weighted by molar-refractivity contribution is 6.03. The van der Waals surface area contributed by atoms with E-state index in [9.17, 15) is 14.9 Å². The fraction of sp³-hybridized carbons (Fsp3) is 0.769. The number of nitrogens with one attached hydrogen (secondary N) is 1. The van der Waals surface area contributed by atoms with Crippen LogP contribution in [-0.4, -0.2) is 34.8 Å². The van der Waals surface area contributed by atoms with Crippen LogP contribution in [0.15, 0.2) is 0 Å². The summed E-state index contributed by atoms with van der Waals surface area (Å²) < 4.78 is 0. The minimum absolute atomic E-state index is 0.0220. The van der Waals surface area contributed by atoms with E-state index in [0.717, 1.165) is 25.7 Å². The average Bonchev–Trinajstić information content (AvgIpc) is 2.34. The van der Waals surface area contributed by atoms with Gasteiger partial charge in [0.1, 0.15) is 0 Å². The highest BCUT2D eigenvalue weighted by Crippen LogP contribution is 2.33. The van der Waals surface area contributed by atoms with Crippen LogP contribution in [-0.2, 0) is 9.59 Å². The van der Waals surface area contributed by atoms with Gasteiger partial charge in [-0.15, -0.1) is 0 Å². The van der Waals surface area contributed by atoms with Crippen molar-refractivity contribution in [3.05, 3.63) is 0 Å². The van der Waals surface area contributed by atoms with Gasteiger partial charge in [0, 0.05) is 6.04 Å². The minimum Gasteiger partial charge on any atom is -0.294 e. The molecule has 1 N–H and O–H groups in total. The lowest BCUT2D eigenvalue weighted by Gasteiger charge is -2.47. The van der Waals surface area contributed by atoms with Gasteiger partial charge in [-0.05, 0) is 26.7 Å². The van der Waals surface area contributed by atoms with Crippen LogP contribution in [0.25, 0.3) is 0 Å². The molecule has 2 rings (SSSR count). The molecule has 0 aromatic carbocycles. The van der Waals surface area contributed by atoms with Crippen LogP contribution < -0.4 is 5.32 Å². The SMILES string of the molecule is CC1(C)C(=O)NC(=O)CN1C1CCCCC1C#N. The molecule has 0 aromatic rings. The van der Waals surface area contributed by atoms with E-state index in [1.54, 1.807) is 0 Å². The molecule has 18 heavy (non-hydrogen) atoms. The van der Waals surface area contributed by atoms with Crippen molar-refractivity contribution >= 4 is 11.8 Å². The molecule has 2 amide bonds. The number of nitriles is 1. The number of hydrogen-bond donors (Lipinski definition) is 1. The Morgan fingerprint density at radius 2 is 2.00 bits per heavy atom. The topological polar surface area (TPSA) is 73.2 Å². The summed E-state index contributed by atoms with van der Waals surface area (Å²) in [6.07, 6.45) is 3.88. The molecule has 2 aliphatic rings. The molecule has 1 aliphatic heterocycles. The molecule has 1 aliphatic carbocycles. The summed E-state index contributed by atoms with van der Waals surface area (Å²) in [6, 6.07) is 2.36. The fourth-order valence-corrected chi connectivity index (χ4v) is 2.97. The Balaban J connectivity index is 2.26. The van der Waals surface area contributed by atoms with Gasteiger partial charge in [-0.1, -0.05) is 12.8 Å². The Morgan fingerprint density at radius 1 is 1.33 bits per heavy atom. The molecular weight excluding hydrogens is 230 g/mol. The van der Waals surface area contributed by atoms with Crippen molar-refractivity contribution in [2.45, 2.75) is 51.1 Å². The molecule has 5 nitrogen and oxygen atoms in total. The van der Waals surface area contributed by atoms with Crippen LogP contribution in [0.5, 0.6) is 0 Å². The van der Waals surface area contributed by atoms with Crippen molar-refractivity contribution in [3.63, 3.8) is 0 Å². The Bertz CT molecular complexity index is 411. The van der Waals surface area contributed by atoms with E-state index in [1.165, 1.54) is 0 Å². The summed E-state index contributed by atoms with van der Waals surface area (Å²) in [4.78, 5) is 25.4. The van der Waals surface area contributed by atoms with E-state index in [1.807, 2.05) is 18.7 Å². The quantitative estimate of drug-likeness (QED) is 0.698. The number of carbonyl (C=O) groups excluding carboxylic acids is 2. The normalized spacial score (nSPS) is 32.7. The van der Waals surface area contributed by atoms with Crippen LogP contribution >= 0.6 is 0 Å². The lowest BCUT2D eigenvalue weighted by Crippen LogP contribution is -2.67. The molecule has 0 aromatic heterocycles. The molecule has 1 saturated heterocycles. The molecule has 2 atom stereocenters. The molecule has 2 fully saturated rings. The van der Waals surface area contributed by atoms with E-state index in [4.69, 9.17) is 0 Å². The van der Waals surface area contributed by atoms with Gasteiger partial charge >= 0.3 is 0 Å². The zero-order chi connectivity index (χ0) is 13.3. The first kappa shape index (κ1) is 13.0. The van der Waals surface area contributed by atoms with Crippen molar-refractivity contribution in [1.82, 2.24) is 10.2 Å². The second kappa shape index (κ2) is 4.69. The van der Waals surface area contributed by atoms with Gasteiger partial charge in [-0.2, -0.15) is 5.26 Å². The standard InChI is InChI=1S/C13H19N3O2/c1-13(2)12(18)15-11(17)8-16(13)10-6-4-3-5-9(10)7-14/h9-10H,3-6,8H2,1-2H3,(H,15,17,18). The van der Waals surface area contributed by atoms with Crippen LogP contribution in [0.4, 0.5) is 0 Å². The monoisotopic (exact) mass is 249 g/mol. The largest absolute Gasteiger partial charge is 0.294 e. The Kier molecular flexibility index (Phi) is 3.40. The van der Waals surface area contributed by atoms with Gasteiger partial charge in [0.15, 0.2) is 0 Å². The second-order valence-corrected chi connectivity index (χ2v) is 5.65. The van der Waals surface area contributed by atoms with Gasteiger partial charge in [0.2, 0.25) is 11.8 Å². The molecular formula is C13H19N3O2. The maximum absolute atomic E-state index is 11.9. The number of carbonyl (C=O) groups is 2. The van der Waals surface area contributed by atoms with E-state index in [0.29, 0.717) is 0 Å². The fourth-order valence-electron chi connectivity index (χ4n) is 2.97. The Morgan fingerprint density at radius 3 is 2.67 bits per heavy atom. The Hall–Kier alpha value is -1.41. The summed E-state index contributed by atoms with van der Waals surface area (Å²) in [7, 11) is 0. The first-order valence-corrected chi connectivity index (χ1v) is 6.47. The molecule has 0 radical (unpaired) electrons. The first-order valence-electron chi connectivity index (χ1n) is 6.47. The van der Waals surface area contributed by atoms with Crippen LogP contribution in [0.1, 0.15) is 39.5 Å². The van der Waals surface area contributed by atoms with Crippen molar-refractivity contribution in [3.8, 4) is 6.07 Å². The van der Waals surface area contributed by atoms with Crippen molar-refractivity contribution in [2.75, 3.05) is 6.54 Å². The molecule has 0 spiro atoms. The number of hydrogen-bond acceptors (Lipinski definition) is 4. The Labute approximate surface area is 107 Å². The zero-order valence-corrected chi connectivity index (χ0v) is 10.9. The van der Waals surface area contributed by atoms with Gasteiger partial charge in [0.05, 0.1) is 24.1 Å². The molecule has 2 unspecified atom stereocenters. The molecule has 1 saturated carbocycles. The van der Waals surface area contributed by atoms with Gasteiger partial charge < -0.3 is 0 Å². The second-order valence-electron chi connectivity index (χ2n) is 5.65. The van der Waals surface area contributed by atoms with Crippen LogP contribution in [0.3, 0.4) is 0 Å². The lowest BCUT2D eigenvalue weighted by atomic mass is 9.81. The maximum Gasteiger partial charge on any atom is 0.246 e. The molecule has 1 heterocycles. The highest BCUT2D eigenvalue weighted by Gasteiger charge is 2.46. The van der Waals surface area contributed by atoms with Crippen LogP contribution in [0, 0.1) is 17.2 Å². The van der Waals surface area contributed by atoms with Crippen molar-refractivity contribution < 1.29 is 9.59 Å². The average molecular weight is 249 g/mol. The predicted molar refractivity (Wildman–Crippen MR) is 65.3 cm³/mol. The van der Waals surface area contributed by atoms with E-state index in [2.05, 4.69) is 11.4 Å². The highest BCUT2D eigenvalue weighted by atomic mass is 16.2. The van der Waals surface area contributed by atoms with Gasteiger partial charge in [0.25, 0.3) is 0 Å². The third kappa shape index (κ3) is 2.13. The van der Waals surface area contributed by atoms with Gasteiger partial charge in [-0.3, -0.25) is 19.8 Å². The van der Waals surface area contributed by atoms with Gasteiger partial charge in [-0.25, -0.2) is 0 Å². The van der Waals surface area contributed by atoms with E-state index < -0.39 is 5.54 Å². The third-order valence-electron chi connectivity index (χ3n) is 4.14. The van der Waals surface area contributed by atoms with Crippen molar-refractivity contribution in [2.24, 2.45) is 5.92 Å². The lowest BCUT2D eigenvalue weighted by molar-refractivity contribution is -0.148.